The summed E-state index contributed by atoms with van der Waals surface area (Å²) in [5, 5.41) is 4.41. The summed E-state index contributed by atoms with van der Waals surface area (Å²) in [6, 6.07) is 1.11. The number of rotatable bonds is 4. The van der Waals surface area contributed by atoms with Gasteiger partial charge in [-0.3, -0.25) is 9.58 Å². The third-order valence-electron chi connectivity index (χ3n) is 5.54. The molecule has 2 aliphatic rings. The quantitative estimate of drug-likeness (QED) is 0.918. The van der Waals surface area contributed by atoms with Crippen LogP contribution in [0, 0.1) is 12.8 Å². The van der Waals surface area contributed by atoms with E-state index in [1.807, 2.05) is 17.9 Å². The lowest BCUT2D eigenvalue weighted by Gasteiger charge is -2.35. The molecule has 1 saturated heterocycles. The van der Waals surface area contributed by atoms with Crippen LogP contribution in [0.25, 0.3) is 0 Å². The molecule has 2 atom stereocenters. The van der Waals surface area contributed by atoms with E-state index < -0.39 is 0 Å². The van der Waals surface area contributed by atoms with Crippen LogP contribution < -0.4 is 5.73 Å². The van der Waals surface area contributed by atoms with Crippen LogP contribution in [0.3, 0.4) is 0 Å². The molecule has 1 aliphatic carbocycles. The van der Waals surface area contributed by atoms with E-state index in [1.54, 1.807) is 0 Å². The van der Waals surface area contributed by atoms with Gasteiger partial charge in [0.25, 0.3) is 0 Å². The predicted octanol–water partition coefficient (Wildman–Crippen LogP) is 2.38. The Morgan fingerprint density at radius 2 is 2.05 bits per heavy atom. The summed E-state index contributed by atoms with van der Waals surface area (Å²) >= 11 is 0. The smallest absolute Gasteiger partial charge is 0.0540 e. The Balaban J connectivity index is 1.82. The second-order valence-corrected chi connectivity index (χ2v) is 6.55. The molecule has 0 spiro atoms. The van der Waals surface area contributed by atoms with Gasteiger partial charge in [-0.25, -0.2) is 0 Å². The molecule has 4 nitrogen and oxygen atoms in total. The van der Waals surface area contributed by atoms with Crippen molar-refractivity contribution in [3.63, 3.8) is 0 Å². The summed E-state index contributed by atoms with van der Waals surface area (Å²) in [5.41, 5.74) is 8.74. The number of hydrogen-bond donors (Lipinski definition) is 1. The molecule has 0 bridgehead atoms. The van der Waals surface area contributed by atoms with Crippen molar-refractivity contribution in [2.45, 2.75) is 57.5 Å². The fraction of sp³-hybridized carbons (Fsp3) is 0.812. The van der Waals surface area contributed by atoms with Crippen molar-refractivity contribution in [2.75, 3.05) is 13.1 Å². The molecule has 2 heterocycles. The van der Waals surface area contributed by atoms with Crippen LogP contribution in [0.15, 0.2) is 6.20 Å². The summed E-state index contributed by atoms with van der Waals surface area (Å²) in [7, 11) is 2.02. The monoisotopic (exact) mass is 276 g/mol. The first kappa shape index (κ1) is 14.1. The van der Waals surface area contributed by atoms with Crippen molar-refractivity contribution in [1.82, 2.24) is 14.7 Å². The Kier molecular flexibility index (Phi) is 4.13. The van der Waals surface area contributed by atoms with Crippen molar-refractivity contribution in [2.24, 2.45) is 18.7 Å². The number of aryl methyl sites for hydroxylation is 1. The van der Waals surface area contributed by atoms with Gasteiger partial charge in [0, 0.05) is 30.9 Å². The van der Waals surface area contributed by atoms with Crippen LogP contribution in [0.2, 0.25) is 0 Å². The molecule has 0 aromatic carbocycles. The lowest BCUT2D eigenvalue weighted by molar-refractivity contribution is 0.137. The van der Waals surface area contributed by atoms with Crippen molar-refractivity contribution >= 4 is 0 Å². The largest absolute Gasteiger partial charge is 0.329 e. The maximum Gasteiger partial charge on any atom is 0.0540 e. The molecular weight excluding hydrogens is 248 g/mol. The van der Waals surface area contributed by atoms with E-state index in [4.69, 9.17) is 5.73 Å². The standard InChI is InChI=1S/C16H28N4/c1-12-14(11-18-19(12)2)16(10-17)20-9-5-8-15(20)13-6-3-4-7-13/h11,13,15-16H,3-10,17H2,1-2H3. The van der Waals surface area contributed by atoms with Gasteiger partial charge in [-0.05, 0) is 45.1 Å². The van der Waals surface area contributed by atoms with Gasteiger partial charge >= 0.3 is 0 Å². The normalized spacial score (nSPS) is 26.4. The minimum absolute atomic E-state index is 0.358. The highest BCUT2D eigenvalue weighted by molar-refractivity contribution is 5.22. The van der Waals surface area contributed by atoms with E-state index in [2.05, 4.69) is 16.9 Å². The van der Waals surface area contributed by atoms with Crippen molar-refractivity contribution < 1.29 is 0 Å². The molecule has 112 valence electrons. The van der Waals surface area contributed by atoms with E-state index in [1.165, 1.54) is 56.3 Å². The van der Waals surface area contributed by atoms with Crippen LogP contribution in [0.4, 0.5) is 0 Å². The van der Waals surface area contributed by atoms with Gasteiger partial charge in [0.1, 0.15) is 0 Å². The Morgan fingerprint density at radius 1 is 1.30 bits per heavy atom. The van der Waals surface area contributed by atoms with Gasteiger partial charge in [0.2, 0.25) is 0 Å². The van der Waals surface area contributed by atoms with E-state index in [0.29, 0.717) is 12.6 Å². The maximum atomic E-state index is 6.14. The third-order valence-corrected chi connectivity index (χ3v) is 5.54. The zero-order chi connectivity index (χ0) is 14.1. The van der Waals surface area contributed by atoms with E-state index in [9.17, 15) is 0 Å². The molecule has 1 saturated carbocycles. The molecule has 4 heteroatoms. The predicted molar refractivity (Wildman–Crippen MR) is 81.4 cm³/mol. The second-order valence-electron chi connectivity index (χ2n) is 6.55. The van der Waals surface area contributed by atoms with Crippen molar-refractivity contribution in [3.8, 4) is 0 Å². The van der Waals surface area contributed by atoms with Crippen LogP contribution in [-0.2, 0) is 7.05 Å². The van der Waals surface area contributed by atoms with Gasteiger partial charge in [-0.2, -0.15) is 5.10 Å². The highest BCUT2D eigenvalue weighted by Crippen LogP contribution is 2.39. The first-order valence-electron chi connectivity index (χ1n) is 8.16. The first-order chi connectivity index (χ1) is 9.72. The molecular formula is C16H28N4. The van der Waals surface area contributed by atoms with Crippen LogP contribution in [0.5, 0.6) is 0 Å². The fourth-order valence-electron chi connectivity index (χ4n) is 4.33. The van der Waals surface area contributed by atoms with Gasteiger partial charge in [-0.15, -0.1) is 0 Å². The Bertz CT molecular complexity index is 447. The SMILES string of the molecule is Cc1c(C(CN)N2CCCC2C2CCCC2)cnn1C. The zero-order valence-electron chi connectivity index (χ0n) is 12.9. The third kappa shape index (κ3) is 2.40. The van der Waals surface area contributed by atoms with Crippen molar-refractivity contribution in [1.29, 1.82) is 0 Å². The molecule has 3 rings (SSSR count). The maximum absolute atomic E-state index is 6.14. The number of nitrogens with two attached hydrogens (primary N) is 1. The lowest BCUT2D eigenvalue weighted by Crippen LogP contribution is -2.40. The highest BCUT2D eigenvalue weighted by atomic mass is 15.3. The minimum atomic E-state index is 0.358. The molecule has 1 aliphatic heterocycles. The molecule has 0 radical (unpaired) electrons. The Hall–Kier alpha value is -0.870. The molecule has 2 fully saturated rings. The minimum Gasteiger partial charge on any atom is -0.329 e. The number of nitrogens with zero attached hydrogens (tertiary/aromatic N) is 3. The van der Waals surface area contributed by atoms with Gasteiger partial charge < -0.3 is 5.73 Å². The number of aromatic nitrogens is 2. The van der Waals surface area contributed by atoms with Gasteiger partial charge in [0.15, 0.2) is 0 Å². The Labute approximate surface area is 122 Å². The van der Waals surface area contributed by atoms with E-state index in [0.717, 1.165) is 12.0 Å². The summed E-state index contributed by atoms with van der Waals surface area (Å²) in [4.78, 5) is 2.69. The highest BCUT2D eigenvalue weighted by Gasteiger charge is 2.37. The number of hydrogen-bond acceptors (Lipinski definition) is 3. The molecule has 2 unspecified atom stereocenters. The van der Waals surface area contributed by atoms with E-state index in [-0.39, 0.29) is 0 Å². The van der Waals surface area contributed by atoms with Crippen LogP contribution in [0.1, 0.15) is 55.8 Å². The fourth-order valence-corrected chi connectivity index (χ4v) is 4.33. The van der Waals surface area contributed by atoms with Gasteiger partial charge in [0.05, 0.1) is 12.2 Å². The summed E-state index contributed by atoms with van der Waals surface area (Å²) in [5.74, 6) is 0.906. The molecule has 20 heavy (non-hydrogen) atoms. The molecule has 1 aromatic heterocycles. The second kappa shape index (κ2) is 5.86. The average molecular weight is 276 g/mol. The summed E-state index contributed by atoms with van der Waals surface area (Å²) in [6.45, 7) is 4.07. The lowest BCUT2D eigenvalue weighted by atomic mass is 9.94. The molecule has 1 aromatic rings. The molecule has 2 N–H and O–H groups in total. The summed E-state index contributed by atoms with van der Waals surface area (Å²) < 4.78 is 1.97. The van der Waals surface area contributed by atoms with Crippen molar-refractivity contribution in [3.05, 3.63) is 17.5 Å². The average Bonchev–Trinajstić information content (AvgIpc) is 3.16. The molecule has 0 amide bonds. The first-order valence-corrected chi connectivity index (χ1v) is 8.16. The summed E-state index contributed by atoms with van der Waals surface area (Å²) in [6.07, 6.45) is 10.4. The van der Waals surface area contributed by atoms with E-state index >= 15 is 0 Å². The van der Waals surface area contributed by atoms with Gasteiger partial charge in [-0.1, -0.05) is 12.8 Å². The van der Waals surface area contributed by atoms with Crippen LogP contribution in [-0.4, -0.2) is 33.8 Å². The Morgan fingerprint density at radius 3 is 2.65 bits per heavy atom. The zero-order valence-corrected chi connectivity index (χ0v) is 12.9. The number of likely N-dealkylation sites (tertiary alicyclic amines) is 1. The topological polar surface area (TPSA) is 47.1 Å². The van der Waals surface area contributed by atoms with Crippen LogP contribution >= 0.6 is 0 Å².